The summed E-state index contributed by atoms with van der Waals surface area (Å²) in [6, 6.07) is 21.7. The number of carbonyl (C=O) groups is 4. The Morgan fingerprint density at radius 3 is 2.06 bits per heavy atom. The topological polar surface area (TPSA) is 102 Å². The van der Waals surface area contributed by atoms with Gasteiger partial charge in [0.1, 0.15) is 0 Å². The Labute approximate surface area is 190 Å². The average Bonchev–Trinajstić information content (AvgIpc) is 3.67. The maximum Gasteiger partial charge on any atom is 0.339 e. The van der Waals surface area contributed by atoms with Crippen LogP contribution in [0.3, 0.4) is 0 Å². The van der Waals surface area contributed by atoms with Crippen LogP contribution in [0.15, 0.2) is 78.9 Å². The first-order valence-corrected chi connectivity index (χ1v) is 10.6. The van der Waals surface area contributed by atoms with Crippen LogP contribution in [0.5, 0.6) is 0 Å². The van der Waals surface area contributed by atoms with Gasteiger partial charge in [-0.25, -0.2) is 4.79 Å². The van der Waals surface area contributed by atoms with E-state index in [0.717, 1.165) is 12.8 Å². The zero-order valence-corrected chi connectivity index (χ0v) is 17.7. The van der Waals surface area contributed by atoms with Crippen molar-refractivity contribution >= 4 is 29.3 Å². The normalized spacial score (nSPS) is 12.5. The second-order valence-electron chi connectivity index (χ2n) is 7.66. The number of anilines is 1. The van der Waals surface area contributed by atoms with E-state index in [1.165, 1.54) is 6.07 Å². The maximum atomic E-state index is 12.8. The van der Waals surface area contributed by atoms with Crippen LogP contribution in [0.2, 0.25) is 0 Å². The van der Waals surface area contributed by atoms with Crippen LogP contribution in [0, 0.1) is 0 Å². The van der Waals surface area contributed by atoms with Crippen molar-refractivity contribution in [2.75, 3.05) is 11.9 Å². The minimum absolute atomic E-state index is 0.0726. The third kappa shape index (κ3) is 5.51. The number of nitrogens with one attached hydrogen (secondary N) is 2. The number of esters is 1. The molecule has 1 saturated carbocycles. The van der Waals surface area contributed by atoms with E-state index in [1.807, 2.05) is 0 Å². The Balaban J connectivity index is 1.41. The summed E-state index contributed by atoms with van der Waals surface area (Å²) < 4.78 is 5.16. The van der Waals surface area contributed by atoms with Crippen LogP contribution in [-0.4, -0.2) is 36.2 Å². The van der Waals surface area contributed by atoms with Crippen LogP contribution in [0.25, 0.3) is 0 Å². The van der Waals surface area contributed by atoms with Crippen molar-refractivity contribution in [1.82, 2.24) is 5.32 Å². The van der Waals surface area contributed by atoms with Crippen molar-refractivity contribution < 1.29 is 23.9 Å². The molecule has 166 valence electrons. The SMILES string of the molecule is O=C(COC(=O)c1ccccc1C(=O)c1ccccc1)Nc1ccccc1C(=O)NC1CC1. The monoisotopic (exact) mass is 442 g/mol. The highest BCUT2D eigenvalue weighted by molar-refractivity contribution is 6.14. The van der Waals surface area contributed by atoms with Crippen LogP contribution in [-0.2, 0) is 9.53 Å². The number of amides is 2. The molecule has 3 aromatic carbocycles. The molecule has 0 unspecified atom stereocenters. The number of hydrogen-bond acceptors (Lipinski definition) is 5. The van der Waals surface area contributed by atoms with Gasteiger partial charge in [0.2, 0.25) is 0 Å². The Hall–Kier alpha value is -4.26. The molecule has 0 aliphatic heterocycles. The number of benzene rings is 3. The predicted molar refractivity (Wildman–Crippen MR) is 122 cm³/mol. The Morgan fingerprint density at radius 2 is 1.36 bits per heavy atom. The van der Waals surface area contributed by atoms with E-state index < -0.39 is 18.5 Å². The molecule has 2 amide bonds. The highest BCUT2D eigenvalue weighted by Crippen LogP contribution is 2.22. The lowest BCUT2D eigenvalue weighted by Gasteiger charge is -2.12. The van der Waals surface area contributed by atoms with Crippen molar-refractivity contribution in [3.05, 3.63) is 101 Å². The van der Waals surface area contributed by atoms with Crippen molar-refractivity contribution in [1.29, 1.82) is 0 Å². The number of ketones is 1. The highest BCUT2D eigenvalue weighted by atomic mass is 16.5. The third-order valence-corrected chi connectivity index (χ3v) is 5.12. The number of hydrogen-bond donors (Lipinski definition) is 2. The summed E-state index contributed by atoms with van der Waals surface area (Å²) >= 11 is 0. The molecule has 1 fully saturated rings. The van der Waals surface area contributed by atoms with Gasteiger partial charge in [-0.15, -0.1) is 0 Å². The van der Waals surface area contributed by atoms with Gasteiger partial charge in [0.05, 0.1) is 16.8 Å². The fourth-order valence-electron chi connectivity index (χ4n) is 3.28. The van der Waals surface area contributed by atoms with Gasteiger partial charge < -0.3 is 15.4 Å². The minimum atomic E-state index is -0.787. The van der Waals surface area contributed by atoms with Crippen LogP contribution in [0.1, 0.15) is 49.5 Å². The van der Waals surface area contributed by atoms with Gasteiger partial charge in [-0.3, -0.25) is 14.4 Å². The Kier molecular flexibility index (Phi) is 6.59. The molecule has 0 radical (unpaired) electrons. The number of carbonyl (C=O) groups excluding carboxylic acids is 4. The Bertz CT molecular complexity index is 1200. The van der Waals surface area contributed by atoms with Gasteiger partial charge in [-0.2, -0.15) is 0 Å². The Morgan fingerprint density at radius 1 is 0.758 bits per heavy atom. The summed E-state index contributed by atoms with van der Waals surface area (Å²) in [4.78, 5) is 50.2. The number of ether oxygens (including phenoxy) is 1. The summed E-state index contributed by atoms with van der Waals surface area (Å²) in [5.74, 6) is -1.96. The van der Waals surface area contributed by atoms with Gasteiger partial charge in [0.25, 0.3) is 11.8 Å². The average molecular weight is 442 g/mol. The van der Waals surface area contributed by atoms with Gasteiger partial charge in [0.15, 0.2) is 12.4 Å². The molecule has 0 atom stereocenters. The fourth-order valence-corrected chi connectivity index (χ4v) is 3.28. The summed E-state index contributed by atoms with van der Waals surface area (Å²) in [5.41, 5.74) is 1.37. The van der Waals surface area contributed by atoms with E-state index in [-0.39, 0.29) is 28.9 Å². The second kappa shape index (κ2) is 9.91. The van der Waals surface area contributed by atoms with E-state index in [2.05, 4.69) is 10.6 Å². The molecule has 0 spiro atoms. The van der Waals surface area contributed by atoms with Gasteiger partial charge >= 0.3 is 5.97 Å². The van der Waals surface area contributed by atoms with Gasteiger partial charge in [-0.05, 0) is 31.0 Å². The van der Waals surface area contributed by atoms with Gasteiger partial charge in [0, 0.05) is 17.2 Å². The molecular formula is C26H22N2O5. The zero-order valence-electron chi connectivity index (χ0n) is 17.7. The first-order valence-electron chi connectivity index (χ1n) is 10.6. The molecule has 4 rings (SSSR count). The standard InChI is InChI=1S/C26H22N2O5/c29-23(28-22-13-7-6-12-21(22)25(31)27-18-14-15-18)16-33-26(32)20-11-5-4-10-19(20)24(30)17-8-2-1-3-9-17/h1-13,18H,14-16H2,(H,27,31)(H,28,29). The lowest BCUT2D eigenvalue weighted by atomic mass is 9.98. The molecule has 7 heteroatoms. The maximum absolute atomic E-state index is 12.8. The van der Waals surface area contributed by atoms with E-state index in [1.54, 1.807) is 72.8 Å². The van der Waals surface area contributed by atoms with Crippen LogP contribution < -0.4 is 10.6 Å². The fraction of sp³-hybridized carbons (Fsp3) is 0.154. The summed E-state index contributed by atoms with van der Waals surface area (Å²) in [6.45, 7) is -0.564. The molecule has 2 N–H and O–H groups in total. The molecule has 3 aromatic rings. The largest absolute Gasteiger partial charge is 0.452 e. The zero-order chi connectivity index (χ0) is 23.2. The van der Waals surface area contributed by atoms with E-state index in [4.69, 9.17) is 4.74 Å². The lowest BCUT2D eigenvalue weighted by Crippen LogP contribution is -2.28. The summed E-state index contributed by atoms with van der Waals surface area (Å²) in [7, 11) is 0. The molecular weight excluding hydrogens is 420 g/mol. The van der Waals surface area contributed by atoms with Crippen molar-refractivity contribution in [3.8, 4) is 0 Å². The molecule has 1 aliphatic rings. The first-order chi connectivity index (χ1) is 16.0. The van der Waals surface area contributed by atoms with Crippen molar-refractivity contribution in [2.24, 2.45) is 0 Å². The van der Waals surface area contributed by atoms with E-state index >= 15 is 0 Å². The number of rotatable bonds is 8. The van der Waals surface area contributed by atoms with Crippen LogP contribution in [0.4, 0.5) is 5.69 Å². The van der Waals surface area contributed by atoms with Gasteiger partial charge in [-0.1, -0.05) is 60.7 Å². The predicted octanol–water partition coefficient (Wildman–Crippen LogP) is 3.61. The highest BCUT2D eigenvalue weighted by Gasteiger charge is 2.25. The molecule has 0 saturated heterocycles. The van der Waals surface area contributed by atoms with E-state index in [9.17, 15) is 19.2 Å². The molecule has 7 nitrogen and oxygen atoms in total. The molecule has 1 aliphatic carbocycles. The first kappa shape index (κ1) is 22.0. The molecule has 33 heavy (non-hydrogen) atoms. The second-order valence-corrected chi connectivity index (χ2v) is 7.66. The smallest absolute Gasteiger partial charge is 0.339 e. The molecule has 0 heterocycles. The van der Waals surface area contributed by atoms with Crippen molar-refractivity contribution in [3.63, 3.8) is 0 Å². The third-order valence-electron chi connectivity index (χ3n) is 5.12. The number of para-hydroxylation sites is 1. The quantitative estimate of drug-likeness (QED) is 0.410. The van der Waals surface area contributed by atoms with E-state index in [0.29, 0.717) is 16.8 Å². The molecule has 0 aromatic heterocycles. The van der Waals surface area contributed by atoms with Crippen LogP contribution >= 0.6 is 0 Å². The van der Waals surface area contributed by atoms with Crippen molar-refractivity contribution in [2.45, 2.75) is 18.9 Å². The summed E-state index contributed by atoms with van der Waals surface area (Å²) in [5, 5.41) is 5.49. The minimum Gasteiger partial charge on any atom is -0.452 e. The summed E-state index contributed by atoms with van der Waals surface area (Å²) in [6.07, 6.45) is 1.90. The lowest BCUT2D eigenvalue weighted by molar-refractivity contribution is -0.119. The molecule has 0 bridgehead atoms.